The van der Waals surface area contributed by atoms with Crippen LogP contribution in [-0.4, -0.2) is 40.4 Å². The number of carbonyl (C=O) groups is 2. The maximum Gasteiger partial charge on any atom is 0.252 e. The van der Waals surface area contributed by atoms with Crippen molar-refractivity contribution in [3.63, 3.8) is 0 Å². The van der Waals surface area contributed by atoms with Gasteiger partial charge in [0.15, 0.2) is 0 Å². The summed E-state index contributed by atoms with van der Waals surface area (Å²) in [6.45, 7) is 2.45. The van der Waals surface area contributed by atoms with E-state index in [-0.39, 0.29) is 24.3 Å². The maximum absolute atomic E-state index is 12.2. The largest absolute Gasteiger partial charge is 0.478 e. The molecule has 0 aromatic carbocycles. The van der Waals surface area contributed by atoms with Gasteiger partial charge in [-0.2, -0.15) is 0 Å². The summed E-state index contributed by atoms with van der Waals surface area (Å²) >= 11 is 0. The summed E-state index contributed by atoms with van der Waals surface area (Å²) in [5, 5.41) is 3.07. The number of nitrogens with zero attached hydrogens (tertiary/aromatic N) is 2. The molecule has 1 aliphatic heterocycles. The first-order chi connectivity index (χ1) is 9.69. The van der Waals surface area contributed by atoms with Crippen LogP contribution in [-0.2, 0) is 9.59 Å². The van der Waals surface area contributed by atoms with Crippen LogP contribution in [0.5, 0.6) is 5.88 Å². The zero-order chi connectivity index (χ0) is 14.1. The molecule has 1 atom stereocenters. The van der Waals surface area contributed by atoms with Gasteiger partial charge in [0.05, 0.1) is 24.9 Å². The fraction of sp³-hybridized carbons (Fsp3) is 0.500. The zero-order valence-electron chi connectivity index (χ0n) is 11.3. The molecule has 6 nitrogen and oxygen atoms in total. The number of pyridine rings is 1. The number of hydrogen-bond donors (Lipinski definition) is 1. The highest BCUT2D eigenvalue weighted by molar-refractivity contribution is 6.07. The summed E-state index contributed by atoms with van der Waals surface area (Å²) in [5.41, 5.74) is 0.720. The Bertz CT molecular complexity index is 525. The third-order valence-corrected chi connectivity index (χ3v) is 3.46. The number of hydrogen-bond acceptors (Lipinski definition) is 5. The van der Waals surface area contributed by atoms with E-state index in [4.69, 9.17) is 4.74 Å². The lowest BCUT2D eigenvalue weighted by Gasteiger charge is -2.15. The highest BCUT2D eigenvalue weighted by Crippen LogP contribution is 2.32. The van der Waals surface area contributed by atoms with Gasteiger partial charge in [-0.25, -0.2) is 4.98 Å². The number of amides is 2. The van der Waals surface area contributed by atoms with Gasteiger partial charge in [-0.3, -0.25) is 14.5 Å². The molecule has 0 bridgehead atoms. The topological polar surface area (TPSA) is 71.5 Å². The normalized spacial score (nSPS) is 22.2. The summed E-state index contributed by atoms with van der Waals surface area (Å²) in [6.07, 6.45) is 3.72. The molecular formula is C14H17N3O3. The molecule has 2 amide bonds. The van der Waals surface area contributed by atoms with Crippen LogP contribution in [0.3, 0.4) is 0 Å². The molecule has 0 radical (unpaired) electrons. The Balaban J connectivity index is 1.65. The molecular weight excluding hydrogens is 258 g/mol. The van der Waals surface area contributed by atoms with E-state index in [1.165, 1.54) is 4.90 Å². The van der Waals surface area contributed by atoms with Gasteiger partial charge in [-0.05, 0) is 25.8 Å². The molecule has 2 aliphatic rings. The van der Waals surface area contributed by atoms with Crippen LogP contribution in [0.4, 0.5) is 5.69 Å². The molecule has 2 heterocycles. The minimum Gasteiger partial charge on any atom is -0.478 e. The van der Waals surface area contributed by atoms with Gasteiger partial charge >= 0.3 is 0 Å². The van der Waals surface area contributed by atoms with E-state index in [0.29, 0.717) is 12.5 Å². The lowest BCUT2D eigenvalue weighted by atomic mass is 10.2. The second-order valence-electron chi connectivity index (χ2n) is 5.05. The van der Waals surface area contributed by atoms with Crippen molar-refractivity contribution in [2.75, 3.05) is 11.9 Å². The van der Waals surface area contributed by atoms with Crippen LogP contribution in [0, 0.1) is 0 Å². The summed E-state index contributed by atoms with van der Waals surface area (Å²) in [4.78, 5) is 29.5. The predicted octanol–water partition coefficient (Wildman–Crippen LogP) is 1.18. The Morgan fingerprint density at radius 3 is 2.80 bits per heavy atom. The molecule has 6 heteroatoms. The third-order valence-electron chi connectivity index (χ3n) is 3.46. The highest BCUT2D eigenvalue weighted by atomic mass is 16.5. The zero-order valence-corrected chi connectivity index (χ0v) is 11.3. The third kappa shape index (κ3) is 2.45. The van der Waals surface area contributed by atoms with Gasteiger partial charge < -0.3 is 10.1 Å². The Hall–Kier alpha value is -2.11. The minimum absolute atomic E-state index is 0.0751. The van der Waals surface area contributed by atoms with Crippen LogP contribution < -0.4 is 10.1 Å². The van der Waals surface area contributed by atoms with E-state index < -0.39 is 6.04 Å². The molecule has 1 N–H and O–H groups in total. The monoisotopic (exact) mass is 275 g/mol. The van der Waals surface area contributed by atoms with E-state index >= 15 is 0 Å². The number of likely N-dealkylation sites (tertiary alicyclic amines) is 1. The van der Waals surface area contributed by atoms with Gasteiger partial charge in [-0.1, -0.05) is 0 Å². The molecule has 1 saturated heterocycles. The maximum atomic E-state index is 12.2. The van der Waals surface area contributed by atoms with Crippen molar-refractivity contribution in [1.82, 2.24) is 9.88 Å². The molecule has 106 valence electrons. The van der Waals surface area contributed by atoms with Crippen LogP contribution in [0.15, 0.2) is 18.3 Å². The van der Waals surface area contributed by atoms with Crippen molar-refractivity contribution in [1.29, 1.82) is 0 Å². The molecule has 1 saturated carbocycles. The smallest absolute Gasteiger partial charge is 0.252 e. The molecule has 1 unspecified atom stereocenters. The number of imide groups is 1. The van der Waals surface area contributed by atoms with Gasteiger partial charge in [0.1, 0.15) is 6.04 Å². The van der Waals surface area contributed by atoms with Gasteiger partial charge in [0, 0.05) is 12.1 Å². The number of ether oxygens (including phenoxy) is 1. The van der Waals surface area contributed by atoms with E-state index in [1.54, 1.807) is 18.3 Å². The summed E-state index contributed by atoms with van der Waals surface area (Å²) in [6, 6.07) is 3.21. The summed E-state index contributed by atoms with van der Waals surface area (Å²) in [5.74, 6) is 0.353. The standard InChI is InChI=1S/C14H17N3O3/c1-2-20-12-6-3-9(8-15-12)16-11-7-13(18)17(14(11)19)10-4-5-10/h3,6,8,10-11,16H,2,4-5,7H2,1H3. The average molecular weight is 275 g/mol. The highest BCUT2D eigenvalue weighted by Gasteiger charge is 2.46. The van der Waals surface area contributed by atoms with E-state index in [0.717, 1.165) is 18.5 Å². The van der Waals surface area contributed by atoms with E-state index in [9.17, 15) is 9.59 Å². The molecule has 1 aromatic rings. The number of aromatic nitrogens is 1. The summed E-state index contributed by atoms with van der Waals surface area (Å²) < 4.78 is 5.26. The van der Waals surface area contributed by atoms with Crippen molar-refractivity contribution in [3.05, 3.63) is 18.3 Å². The number of nitrogens with one attached hydrogen (secondary N) is 1. The fourth-order valence-corrected chi connectivity index (χ4v) is 2.38. The van der Waals surface area contributed by atoms with Gasteiger partial charge in [0.25, 0.3) is 5.91 Å². The minimum atomic E-state index is -0.470. The van der Waals surface area contributed by atoms with Crippen LogP contribution in [0.2, 0.25) is 0 Å². The van der Waals surface area contributed by atoms with Gasteiger partial charge in [0.2, 0.25) is 11.8 Å². The van der Waals surface area contributed by atoms with Crippen molar-refractivity contribution in [2.24, 2.45) is 0 Å². The van der Waals surface area contributed by atoms with E-state index in [2.05, 4.69) is 10.3 Å². The number of carbonyl (C=O) groups excluding carboxylic acids is 2. The molecule has 20 heavy (non-hydrogen) atoms. The Morgan fingerprint density at radius 2 is 2.20 bits per heavy atom. The van der Waals surface area contributed by atoms with Crippen LogP contribution in [0.1, 0.15) is 26.2 Å². The first-order valence-electron chi connectivity index (χ1n) is 6.90. The van der Waals surface area contributed by atoms with Crippen LogP contribution in [0.25, 0.3) is 0 Å². The first-order valence-corrected chi connectivity index (χ1v) is 6.90. The molecule has 1 aromatic heterocycles. The molecule has 2 fully saturated rings. The lowest BCUT2D eigenvalue weighted by molar-refractivity contribution is -0.139. The predicted molar refractivity (Wildman–Crippen MR) is 72.3 cm³/mol. The second kappa shape index (κ2) is 5.11. The first kappa shape index (κ1) is 12.9. The van der Waals surface area contributed by atoms with Crippen molar-refractivity contribution >= 4 is 17.5 Å². The quantitative estimate of drug-likeness (QED) is 0.817. The Kier molecular flexibility index (Phi) is 3.30. The Morgan fingerprint density at radius 1 is 1.40 bits per heavy atom. The Labute approximate surface area is 117 Å². The number of anilines is 1. The summed E-state index contributed by atoms with van der Waals surface area (Å²) in [7, 11) is 0. The molecule has 0 spiro atoms. The van der Waals surface area contributed by atoms with E-state index in [1.807, 2.05) is 6.92 Å². The SMILES string of the molecule is CCOc1ccc(NC2CC(=O)N(C3CC3)C2=O)cn1. The average Bonchev–Trinajstić information content (AvgIpc) is 3.21. The van der Waals surface area contributed by atoms with Crippen molar-refractivity contribution in [3.8, 4) is 5.88 Å². The lowest BCUT2D eigenvalue weighted by Crippen LogP contribution is -2.36. The fourth-order valence-electron chi connectivity index (χ4n) is 2.38. The van der Waals surface area contributed by atoms with Crippen LogP contribution >= 0.6 is 0 Å². The molecule has 3 rings (SSSR count). The molecule has 1 aliphatic carbocycles. The van der Waals surface area contributed by atoms with Gasteiger partial charge in [-0.15, -0.1) is 0 Å². The second-order valence-corrected chi connectivity index (χ2v) is 5.05. The van der Waals surface area contributed by atoms with Crippen molar-refractivity contribution in [2.45, 2.75) is 38.3 Å². The van der Waals surface area contributed by atoms with Crippen molar-refractivity contribution < 1.29 is 14.3 Å². The number of rotatable bonds is 5.